The molecule has 4 rings (SSSR count). The molecule has 2 amide bonds. The van der Waals surface area contributed by atoms with Crippen LogP contribution in [-0.4, -0.2) is 41.3 Å². The summed E-state index contributed by atoms with van der Waals surface area (Å²) < 4.78 is 0. The molecule has 2 fully saturated rings. The molecule has 2 aliphatic rings. The molecule has 0 bridgehead atoms. The van der Waals surface area contributed by atoms with Crippen molar-refractivity contribution in [3.05, 3.63) is 65.5 Å². The smallest absolute Gasteiger partial charge is 0.251 e. The largest absolute Gasteiger partial charge is 0.352 e. The number of nitrogens with zero attached hydrogens (tertiary/aromatic N) is 2. The maximum Gasteiger partial charge on any atom is 0.251 e. The van der Waals surface area contributed by atoms with Crippen LogP contribution in [-0.2, 0) is 17.6 Å². The van der Waals surface area contributed by atoms with Gasteiger partial charge in [-0.25, -0.2) is 0 Å². The number of piperidine rings is 1. The third-order valence-corrected chi connectivity index (χ3v) is 6.02. The lowest BCUT2D eigenvalue weighted by Gasteiger charge is -2.32. The summed E-state index contributed by atoms with van der Waals surface area (Å²) in [6, 6.07) is 11.9. The molecule has 1 N–H and O–H groups in total. The number of nitrogens with one attached hydrogen (secondary N) is 1. The lowest BCUT2D eigenvalue weighted by Crippen LogP contribution is -2.39. The summed E-state index contributed by atoms with van der Waals surface area (Å²) in [5.74, 6) is 1.29. The van der Waals surface area contributed by atoms with Gasteiger partial charge < -0.3 is 10.2 Å². The first-order valence-corrected chi connectivity index (χ1v) is 10.7. The molecule has 0 atom stereocenters. The van der Waals surface area contributed by atoms with Crippen LogP contribution in [0.5, 0.6) is 0 Å². The number of likely N-dealkylation sites (tertiary alicyclic amines) is 1. The van der Waals surface area contributed by atoms with Crippen LogP contribution < -0.4 is 5.32 Å². The van der Waals surface area contributed by atoms with E-state index in [9.17, 15) is 9.59 Å². The van der Waals surface area contributed by atoms with Crippen molar-refractivity contribution in [2.24, 2.45) is 11.8 Å². The van der Waals surface area contributed by atoms with Crippen LogP contribution in [0.3, 0.4) is 0 Å². The standard InChI is InChI=1S/C24H29N3O2/c28-23(26-13-9-20-2-1-12-25-17-20)21-5-3-18(4-6-21)16-19-10-14-27(15-11-19)24(29)22-7-8-22/h1-6,12,17,19,22H,7-11,13-16H2,(H,26,28). The molecule has 1 saturated heterocycles. The zero-order chi connectivity index (χ0) is 20.1. The molecule has 1 saturated carbocycles. The van der Waals surface area contributed by atoms with Crippen molar-refractivity contribution in [1.29, 1.82) is 0 Å². The Hall–Kier alpha value is -2.69. The third kappa shape index (κ3) is 5.43. The zero-order valence-corrected chi connectivity index (χ0v) is 16.8. The first-order chi connectivity index (χ1) is 14.2. The number of rotatable bonds is 7. The zero-order valence-electron chi connectivity index (χ0n) is 16.8. The van der Waals surface area contributed by atoms with Crippen molar-refractivity contribution in [3.8, 4) is 0 Å². The summed E-state index contributed by atoms with van der Waals surface area (Å²) >= 11 is 0. The van der Waals surface area contributed by atoms with Gasteiger partial charge in [0.05, 0.1) is 0 Å². The molecule has 1 aromatic heterocycles. The highest BCUT2D eigenvalue weighted by Gasteiger charge is 2.34. The number of aromatic nitrogens is 1. The van der Waals surface area contributed by atoms with E-state index in [1.54, 1.807) is 6.20 Å². The molecule has 1 aliphatic carbocycles. The number of carbonyl (C=O) groups excluding carboxylic acids is 2. The van der Waals surface area contributed by atoms with Gasteiger partial charge in [0.25, 0.3) is 5.91 Å². The predicted molar refractivity (Wildman–Crippen MR) is 112 cm³/mol. The van der Waals surface area contributed by atoms with Crippen LogP contribution in [0.15, 0.2) is 48.8 Å². The van der Waals surface area contributed by atoms with Crippen molar-refractivity contribution < 1.29 is 9.59 Å². The maximum atomic E-state index is 12.3. The van der Waals surface area contributed by atoms with E-state index >= 15 is 0 Å². The monoisotopic (exact) mass is 391 g/mol. The summed E-state index contributed by atoms with van der Waals surface area (Å²) in [5.41, 5.74) is 3.08. The lowest BCUT2D eigenvalue weighted by molar-refractivity contribution is -0.133. The molecule has 1 aromatic carbocycles. The van der Waals surface area contributed by atoms with Gasteiger partial charge in [-0.05, 0) is 73.8 Å². The second-order valence-electron chi connectivity index (χ2n) is 8.31. The van der Waals surface area contributed by atoms with E-state index in [-0.39, 0.29) is 5.91 Å². The second-order valence-corrected chi connectivity index (χ2v) is 8.31. The minimum atomic E-state index is -0.0349. The molecule has 0 radical (unpaired) electrons. The molecule has 2 heterocycles. The topological polar surface area (TPSA) is 62.3 Å². The minimum absolute atomic E-state index is 0.0349. The SMILES string of the molecule is O=C(NCCc1cccnc1)c1ccc(CC2CCN(C(=O)C3CC3)CC2)cc1. The van der Waals surface area contributed by atoms with Crippen LogP contribution in [0.25, 0.3) is 0 Å². The van der Waals surface area contributed by atoms with E-state index in [1.165, 1.54) is 5.56 Å². The number of amides is 2. The van der Waals surface area contributed by atoms with Crippen molar-refractivity contribution in [2.45, 2.75) is 38.5 Å². The Bertz CT molecular complexity index is 823. The first-order valence-electron chi connectivity index (χ1n) is 10.7. The van der Waals surface area contributed by atoms with Gasteiger partial charge in [0, 0.05) is 43.5 Å². The molecule has 29 heavy (non-hydrogen) atoms. The van der Waals surface area contributed by atoms with Crippen LogP contribution >= 0.6 is 0 Å². The van der Waals surface area contributed by atoms with Crippen molar-refractivity contribution in [2.75, 3.05) is 19.6 Å². The molecule has 0 spiro atoms. The third-order valence-electron chi connectivity index (χ3n) is 6.02. The Morgan fingerprint density at radius 1 is 1.00 bits per heavy atom. The molecular formula is C24H29N3O2. The lowest BCUT2D eigenvalue weighted by atomic mass is 9.89. The van der Waals surface area contributed by atoms with E-state index in [2.05, 4.69) is 27.3 Å². The van der Waals surface area contributed by atoms with Gasteiger partial charge in [-0.1, -0.05) is 18.2 Å². The maximum absolute atomic E-state index is 12.3. The molecule has 2 aromatic rings. The van der Waals surface area contributed by atoms with Gasteiger partial charge in [0.1, 0.15) is 0 Å². The Kier molecular flexibility index (Phi) is 6.23. The highest BCUT2D eigenvalue weighted by atomic mass is 16.2. The number of benzene rings is 1. The highest BCUT2D eigenvalue weighted by molar-refractivity contribution is 5.94. The van der Waals surface area contributed by atoms with E-state index in [0.29, 0.717) is 29.9 Å². The number of hydrogen-bond acceptors (Lipinski definition) is 3. The Balaban J connectivity index is 1.20. The number of carbonyl (C=O) groups is 2. The van der Waals surface area contributed by atoms with Crippen molar-refractivity contribution in [1.82, 2.24) is 15.2 Å². The van der Waals surface area contributed by atoms with Crippen molar-refractivity contribution in [3.63, 3.8) is 0 Å². The van der Waals surface area contributed by atoms with Gasteiger partial charge in [-0.2, -0.15) is 0 Å². The van der Waals surface area contributed by atoms with Crippen LogP contribution in [0.2, 0.25) is 0 Å². The van der Waals surface area contributed by atoms with Gasteiger partial charge in [0.15, 0.2) is 0 Å². The summed E-state index contributed by atoms with van der Waals surface area (Å²) in [7, 11) is 0. The van der Waals surface area contributed by atoms with Crippen LogP contribution in [0.1, 0.15) is 47.2 Å². The van der Waals surface area contributed by atoms with Crippen molar-refractivity contribution >= 4 is 11.8 Å². The fourth-order valence-electron chi connectivity index (χ4n) is 4.04. The van der Waals surface area contributed by atoms with Crippen LogP contribution in [0.4, 0.5) is 0 Å². The number of hydrogen-bond donors (Lipinski definition) is 1. The van der Waals surface area contributed by atoms with E-state index < -0.39 is 0 Å². The second kappa shape index (κ2) is 9.21. The summed E-state index contributed by atoms with van der Waals surface area (Å²) in [5, 5.41) is 2.97. The normalized spacial score (nSPS) is 17.2. The molecule has 152 valence electrons. The highest BCUT2D eigenvalue weighted by Crippen LogP contribution is 2.32. The minimum Gasteiger partial charge on any atom is -0.352 e. The fourth-order valence-corrected chi connectivity index (χ4v) is 4.04. The first kappa shape index (κ1) is 19.6. The summed E-state index contributed by atoms with van der Waals surface area (Å²) in [4.78, 5) is 30.7. The van der Waals surface area contributed by atoms with Gasteiger partial charge >= 0.3 is 0 Å². The van der Waals surface area contributed by atoms with Gasteiger partial charge in [-0.15, -0.1) is 0 Å². The molecule has 5 heteroatoms. The van der Waals surface area contributed by atoms with E-state index in [4.69, 9.17) is 0 Å². The Labute approximate surface area is 172 Å². The summed E-state index contributed by atoms with van der Waals surface area (Å²) in [6.07, 6.45) is 9.70. The van der Waals surface area contributed by atoms with E-state index in [1.807, 2.05) is 30.5 Å². The van der Waals surface area contributed by atoms with Gasteiger partial charge in [0.2, 0.25) is 5.91 Å². The molecular weight excluding hydrogens is 362 g/mol. The predicted octanol–water partition coefficient (Wildman–Crippen LogP) is 3.25. The molecule has 1 aliphatic heterocycles. The van der Waals surface area contributed by atoms with Crippen LogP contribution in [0, 0.1) is 11.8 Å². The summed E-state index contributed by atoms with van der Waals surface area (Å²) in [6.45, 7) is 2.40. The Morgan fingerprint density at radius 3 is 2.41 bits per heavy atom. The van der Waals surface area contributed by atoms with Gasteiger partial charge in [-0.3, -0.25) is 14.6 Å². The average molecular weight is 392 g/mol. The fraction of sp³-hybridized carbons (Fsp3) is 0.458. The van der Waals surface area contributed by atoms with E-state index in [0.717, 1.165) is 57.2 Å². The number of pyridine rings is 1. The Morgan fingerprint density at radius 2 is 1.76 bits per heavy atom. The molecule has 0 unspecified atom stereocenters. The average Bonchev–Trinajstić information content (AvgIpc) is 3.60. The quantitative estimate of drug-likeness (QED) is 0.788. The molecule has 5 nitrogen and oxygen atoms in total.